The van der Waals surface area contributed by atoms with E-state index in [1.807, 2.05) is 6.07 Å². The second-order valence-corrected chi connectivity index (χ2v) is 8.35. The Balaban J connectivity index is 1.73. The number of anilines is 2. The predicted molar refractivity (Wildman–Crippen MR) is 94.9 cm³/mol. The highest BCUT2D eigenvalue weighted by Gasteiger charge is 2.27. The highest BCUT2D eigenvalue weighted by atomic mass is 32.2. The summed E-state index contributed by atoms with van der Waals surface area (Å²) in [6, 6.07) is 5.78. The summed E-state index contributed by atoms with van der Waals surface area (Å²) in [4.78, 5) is 16.6. The lowest BCUT2D eigenvalue weighted by Crippen LogP contribution is -2.52. The van der Waals surface area contributed by atoms with E-state index < -0.39 is 10.0 Å². The normalized spacial score (nSPS) is 21.6. The molecule has 0 bridgehead atoms. The molecular formula is C16H24N4O3S. The topological polar surface area (TPSA) is 81.8 Å². The Labute approximate surface area is 143 Å². The van der Waals surface area contributed by atoms with Gasteiger partial charge >= 0.3 is 0 Å². The van der Waals surface area contributed by atoms with E-state index in [0.29, 0.717) is 24.8 Å². The number of sulfonamides is 1. The molecule has 8 heteroatoms. The summed E-state index contributed by atoms with van der Waals surface area (Å²) in [5.74, 6) is 0.0688. The van der Waals surface area contributed by atoms with Gasteiger partial charge in [0.05, 0.1) is 18.5 Å². The van der Waals surface area contributed by atoms with Gasteiger partial charge in [-0.3, -0.25) is 14.4 Å². The van der Waals surface area contributed by atoms with Crippen molar-refractivity contribution in [3.63, 3.8) is 0 Å². The van der Waals surface area contributed by atoms with Crippen LogP contribution >= 0.6 is 0 Å². The van der Waals surface area contributed by atoms with E-state index in [1.165, 1.54) is 0 Å². The van der Waals surface area contributed by atoms with Gasteiger partial charge in [0.25, 0.3) is 0 Å². The summed E-state index contributed by atoms with van der Waals surface area (Å²) in [6.45, 7) is 5.79. The fourth-order valence-corrected chi connectivity index (χ4v) is 3.90. The van der Waals surface area contributed by atoms with Crippen LogP contribution in [0.25, 0.3) is 0 Å². The molecule has 1 saturated heterocycles. The molecule has 3 rings (SSSR count). The van der Waals surface area contributed by atoms with Gasteiger partial charge in [-0.1, -0.05) is 6.07 Å². The van der Waals surface area contributed by atoms with Crippen molar-refractivity contribution >= 4 is 27.3 Å². The van der Waals surface area contributed by atoms with E-state index in [0.717, 1.165) is 43.6 Å². The smallest absolute Gasteiger partial charge is 0.241 e. The molecule has 0 aromatic heterocycles. The van der Waals surface area contributed by atoms with Crippen molar-refractivity contribution in [3.8, 4) is 0 Å². The number of benzene rings is 1. The lowest BCUT2D eigenvalue weighted by atomic mass is 10.1. The third-order valence-corrected chi connectivity index (χ3v) is 5.00. The van der Waals surface area contributed by atoms with Crippen LogP contribution in [-0.4, -0.2) is 64.2 Å². The minimum atomic E-state index is -3.33. The number of hydrogen-bond donors (Lipinski definition) is 2. The Bertz CT molecular complexity index is 735. The third kappa shape index (κ3) is 4.06. The average molecular weight is 352 g/mol. The molecule has 0 saturated carbocycles. The predicted octanol–water partition coefficient (Wildman–Crippen LogP) is 0.241. The summed E-state index contributed by atoms with van der Waals surface area (Å²) in [5.41, 5.74) is 2.39. The van der Waals surface area contributed by atoms with Gasteiger partial charge in [-0.15, -0.1) is 0 Å². The van der Waals surface area contributed by atoms with Crippen molar-refractivity contribution < 1.29 is 13.2 Å². The van der Waals surface area contributed by atoms with Crippen LogP contribution < -0.4 is 14.9 Å². The van der Waals surface area contributed by atoms with Gasteiger partial charge in [0, 0.05) is 37.9 Å². The van der Waals surface area contributed by atoms with Crippen LogP contribution in [-0.2, 0) is 21.2 Å². The summed E-state index contributed by atoms with van der Waals surface area (Å²) in [7, 11) is -3.33. The largest absolute Gasteiger partial charge is 0.312 e. The van der Waals surface area contributed by atoms with Crippen molar-refractivity contribution in [2.45, 2.75) is 19.4 Å². The van der Waals surface area contributed by atoms with Gasteiger partial charge < -0.3 is 10.2 Å². The number of carbonyl (C=O) groups excluding carboxylic acids is 1. The zero-order valence-corrected chi connectivity index (χ0v) is 14.9. The molecule has 7 nitrogen and oxygen atoms in total. The molecule has 2 heterocycles. The Kier molecular flexibility index (Phi) is 4.80. The van der Waals surface area contributed by atoms with E-state index in [1.54, 1.807) is 17.0 Å². The van der Waals surface area contributed by atoms with Crippen molar-refractivity contribution in [2.75, 3.05) is 48.6 Å². The standard InChI is InChI=1S/C16H24N4O3S/c1-12-10-19(8-6-17-12)11-16(21)20-7-5-13-3-4-14(9-15(13)20)18-24(2,22)23/h3-4,9,12,17-18H,5-8,10-11H2,1-2H3. The average Bonchev–Trinajstić information content (AvgIpc) is 2.88. The number of carbonyl (C=O) groups is 1. The number of hydrogen-bond acceptors (Lipinski definition) is 5. The van der Waals surface area contributed by atoms with E-state index in [2.05, 4.69) is 21.9 Å². The lowest BCUT2D eigenvalue weighted by molar-refractivity contribution is -0.119. The molecule has 1 aromatic carbocycles. The van der Waals surface area contributed by atoms with Gasteiger partial charge in [0.15, 0.2) is 0 Å². The maximum atomic E-state index is 12.7. The van der Waals surface area contributed by atoms with Crippen LogP contribution in [0.2, 0.25) is 0 Å². The maximum Gasteiger partial charge on any atom is 0.241 e. The molecule has 0 aliphatic carbocycles. The molecule has 2 aliphatic heterocycles. The Morgan fingerprint density at radius 2 is 2.17 bits per heavy atom. The van der Waals surface area contributed by atoms with Crippen LogP contribution in [0.5, 0.6) is 0 Å². The first kappa shape index (κ1) is 17.2. The first-order chi connectivity index (χ1) is 11.3. The molecule has 24 heavy (non-hydrogen) atoms. The van der Waals surface area contributed by atoms with Crippen LogP contribution in [0.15, 0.2) is 18.2 Å². The minimum absolute atomic E-state index is 0.0688. The SMILES string of the molecule is CC1CN(CC(=O)N2CCc3ccc(NS(C)(=O)=O)cc32)CCN1. The number of nitrogens with zero attached hydrogens (tertiary/aromatic N) is 2. The minimum Gasteiger partial charge on any atom is -0.312 e. The van der Waals surface area contributed by atoms with Crippen LogP contribution in [0.4, 0.5) is 11.4 Å². The zero-order chi connectivity index (χ0) is 17.3. The molecule has 2 aliphatic rings. The Hall–Kier alpha value is -1.64. The van der Waals surface area contributed by atoms with Gasteiger partial charge in [-0.25, -0.2) is 8.42 Å². The molecule has 1 amide bonds. The van der Waals surface area contributed by atoms with Gasteiger partial charge in [0.1, 0.15) is 0 Å². The second kappa shape index (κ2) is 6.70. The highest BCUT2D eigenvalue weighted by Crippen LogP contribution is 2.31. The first-order valence-corrected chi connectivity index (χ1v) is 10.1. The summed E-state index contributed by atoms with van der Waals surface area (Å²) >= 11 is 0. The van der Waals surface area contributed by atoms with Crippen molar-refractivity contribution in [1.82, 2.24) is 10.2 Å². The first-order valence-electron chi connectivity index (χ1n) is 8.18. The Morgan fingerprint density at radius 3 is 2.88 bits per heavy atom. The number of amides is 1. The summed E-state index contributed by atoms with van der Waals surface area (Å²) in [5, 5.41) is 3.37. The number of nitrogens with one attached hydrogen (secondary N) is 2. The quantitative estimate of drug-likeness (QED) is 0.811. The number of fused-ring (bicyclic) bond motifs is 1. The van der Waals surface area contributed by atoms with E-state index in [-0.39, 0.29) is 5.91 Å². The molecule has 132 valence electrons. The Morgan fingerprint density at radius 1 is 1.38 bits per heavy atom. The van der Waals surface area contributed by atoms with Crippen molar-refractivity contribution in [2.24, 2.45) is 0 Å². The zero-order valence-electron chi connectivity index (χ0n) is 14.1. The highest BCUT2D eigenvalue weighted by molar-refractivity contribution is 7.92. The molecule has 0 spiro atoms. The molecule has 1 fully saturated rings. The van der Waals surface area contributed by atoms with Crippen LogP contribution in [0, 0.1) is 0 Å². The number of piperazine rings is 1. The second-order valence-electron chi connectivity index (χ2n) is 6.60. The monoisotopic (exact) mass is 352 g/mol. The molecular weight excluding hydrogens is 328 g/mol. The van der Waals surface area contributed by atoms with Crippen LogP contribution in [0.1, 0.15) is 12.5 Å². The molecule has 1 aromatic rings. The molecule has 0 radical (unpaired) electrons. The van der Waals surface area contributed by atoms with E-state index in [4.69, 9.17) is 0 Å². The van der Waals surface area contributed by atoms with Gasteiger partial charge in [-0.05, 0) is 31.0 Å². The maximum absolute atomic E-state index is 12.7. The number of rotatable bonds is 4. The van der Waals surface area contributed by atoms with Crippen molar-refractivity contribution in [1.29, 1.82) is 0 Å². The fraction of sp³-hybridized carbons (Fsp3) is 0.562. The molecule has 1 unspecified atom stereocenters. The van der Waals surface area contributed by atoms with E-state index >= 15 is 0 Å². The summed E-state index contributed by atoms with van der Waals surface area (Å²) < 4.78 is 25.3. The van der Waals surface area contributed by atoms with Crippen molar-refractivity contribution in [3.05, 3.63) is 23.8 Å². The molecule has 2 N–H and O–H groups in total. The van der Waals surface area contributed by atoms with Gasteiger partial charge in [-0.2, -0.15) is 0 Å². The lowest BCUT2D eigenvalue weighted by Gasteiger charge is -2.32. The third-order valence-electron chi connectivity index (χ3n) is 4.40. The summed E-state index contributed by atoms with van der Waals surface area (Å²) in [6.07, 6.45) is 1.92. The van der Waals surface area contributed by atoms with E-state index in [9.17, 15) is 13.2 Å². The molecule has 1 atom stereocenters. The van der Waals surface area contributed by atoms with Crippen LogP contribution in [0.3, 0.4) is 0 Å². The fourth-order valence-electron chi connectivity index (χ4n) is 3.35. The van der Waals surface area contributed by atoms with Gasteiger partial charge in [0.2, 0.25) is 15.9 Å².